The molecule has 0 aliphatic heterocycles. The Morgan fingerprint density at radius 1 is 0.842 bits per heavy atom. The van der Waals surface area contributed by atoms with E-state index in [0.717, 1.165) is 11.1 Å². The summed E-state index contributed by atoms with van der Waals surface area (Å²) in [5.41, 5.74) is 4.15. The van der Waals surface area contributed by atoms with Crippen LogP contribution < -0.4 is 4.72 Å². The number of hydrogen-bond acceptors (Lipinski definition) is 5. The zero-order valence-electron chi connectivity index (χ0n) is 20.8. The summed E-state index contributed by atoms with van der Waals surface area (Å²) in [5, 5.41) is 11.9. The average Bonchev–Trinajstić information content (AvgIpc) is 3.20. The normalized spacial score (nSPS) is 12.0. The van der Waals surface area contributed by atoms with Gasteiger partial charge >= 0.3 is 0 Å². The predicted octanol–water partition coefficient (Wildman–Crippen LogP) is 6.29. The number of aliphatic imine (C=N–C) groups is 1. The molecule has 0 amide bonds. The molecule has 5 aromatic rings. The van der Waals surface area contributed by atoms with Gasteiger partial charge in [0.05, 0.1) is 27.4 Å². The highest BCUT2D eigenvalue weighted by atomic mass is 32.2. The minimum Gasteiger partial charge on any atom is -0.494 e. The average molecular weight is 524 g/mol. The Bertz CT molecular complexity index is 1770. The molecule has 8 heteroatoms. The number of aryl methyl sites for hydroxylation is 1. The zero-order chi connectivity index (χ0) is 26.9. The molecule has 0 fully saturated rings. The maximum Gasteiger partial charge on any atom is 0.261 e. The maximum atomic E-state index is 12.8. The van der Waals surface area contributed by atoms with E-state index < -0.39 is 10.0 Å². The number of rotatable bonds is 6. The summed E-state index contributed by atoms with van der Waals surface area (Å²) in [6.07, 6.45) is 0. The van der Waals surface area contributed by atoms with Crippen molar-refractivity contribution >= 4 is 43.9 Å². The van der Waals surface area contributed by atoms with Crippen LogP contribution in [0.15, 0.2) is 113 Å². The molecule has 7 nitrogen and oxygen atoms in total. The van der Waals surface area contributed by atoms with E-state index in [1.807, 2.05) is 49.4 Å². The first-order valence-electron chi connectivity index (χ1n) is 11.9. The number of benzene rings is 4. The van der Waals surface area contributed by atoms with Gasteiger partial charge in [-0.2, -0.15) is 0 Å². The largest absolute Gasteiger partial charge is 0.494 e. The number of fused-ring (bicyclic) bond motifs is 1. The molecule has 2 N–H and O–H groups in total. The van der Waals surface area contributed by atoms with Crippen LogP contribution in [0.4, 0.5) is 11.4 Å². The number of para-hydroxylation sites is 1. The zero-order valence-corrected chi connectivity index (χ0v) is 21.6. The standard InChI is InChI=1S/C30H25N3O4S/c1-20-12-18-25(19-13-20)38(36,37)32-24-16-14-23(15-17-24)31-29(22-8-4-3-5-9-22)28-26-10-6-7-11-27(26)33(21(2)34)30(28)35/h3-19,32,35H,1-2H3. The number of aromatic hydroxyl groups is 1. The van der Waals surface area contributed by atoms with E-state index in [0.29, 0.717) is 33.6 Å². The highest BCUT2D eigenvalue weighted by Gasteiger charge is 2.24. The third-order valence-electron chi connectivity index (χ3n) is 6.14. The van der Waals surface area contributed by atoms with E-state index in [9.17, 15) is 18.3 Å². The van der Waals surface area contributed by atoms with Crippen molar-refractivity contribution in [3.63, 3.8) is 0 Å². The van der Waals surface area contributed by atoms with Crippen LogP contribution in [-0.4, -0.2) is 29.7 Å². The Labute approximate surface area is 220 Å². The lowest BCUT2D eigenvalue weighted by Gasteiger charge is -2.10. The van der Waals surface area contributed by atoms with E-state index in [2.05, 4.69) is 4.72 Å². The summed E-state index contributed by atoms with van der Waals surface area (Å²) in [6, 6.07) is 29.9. The van der Waals surface area contributed by atoms with Crippen LogP contribution in [0.2, 0.25) is 0 Å². The minimum atomic E-state index is -3.74. The van der Waals surface area contributed by atoms with Crippen molar-refractivity contribution in [1.82, 2.24) is 4.57 Å². The number of aromatic nitrogens is 1. The van der Waals surface area contributed by atoms with Crippen LogP contribution in [0.25, 0.3) is 10.9 Å². The molecular formula is C30H25N3O4S. The number of hydrogen-bond donors (Lipinski definition) is 2. The summed E-state index contributed by atoms with van der Waals surface area (Å²) in [4.78, 5) is 17.4. The van der Waals surface area contributed by atoms with Gasteiger partial charge < -0.3 is 5.11 Å². The molecule has 0 saturated carbocycles. The van der Waals surface area contributed by atoms with Gasteiger partial charge in [-0.15, -0.1) is 0 Å². The van der Waals surface area contributed by atoms with E-state index in [-0.39, 0.29) is 16.7 Å². The van der Waals surface area contributed by atoms with Gasteiger partial charge in [0.25, 0.3) is 10.0 Å². The molecule has 5 rings (SSSR count). The smallest absolute Gasteiger partial charge is 0.261 e. The van der Waals surface area contributed by atoms with Crippen molar-refractivity contribution in [2.75, 3.05) is 4.72 Å². The Morgan fingerprint density at radius 3 is 2.13 bits per heavy atom. The van der Waals surface area contributed by atoms with Crippen molar-refractivity contribution < 1.29 is 18.3 Å². The molecule has 0 saturated heterocycles. The fourth-order valence-corrected chi connectivity index (χ4v) is 5.36. The third kappa shape index (κ3) is 4.81. The molecule has 0 unspecified atom stereocenters. The Hall–Kier alpha value is -4.69. The van der Waals surface area contributed by atoms with Crippen molar-refractivity contribution in [1.29, 1.82) is 0 Å². The first kappa shape index (κ1) is 25.0. The van der Waals surface area contributed by atoms with Crippen molar-refractivity contribution in [2.45, 2.75) is 18.7 Å². The van der Waals surface area contributed by atoms with Crippen molar-refractivity contribution in [3.05, 3.63) is 120 Å². The summed E-state index contributed by atoms with van der Waals surface area (Å²) in [7, 11) is -3.74. The Balaban J connectivity index is 1.57. The molecule has 1 aromatic heterocycles. The lowest BCUT2D eigenvalue weighted by molar-refractivity contribution is 0.0933. The number of carbonyl (C=O) groups is 1. The second kappa shape index (κ2) is 9.99. The fourth-order valence-electron chi connectivity index (χ4n) is 4.30. The molecule has 0 radical (unpaired) electrons. The van der Waals surface area contributed by atoms with Crippen LogP contribution in [0, 0.1) is 6.92 Å². The molecule has 0 aliphatic rings. The van der Waals surface area contributed by atoms with Gasteiger partial charge in [-0.05, 0) is 49.4 Å². The molecule has 0 atom stereocenters. The van der Waals surface area contributed by atoms with Crippen LogP contribution in [0.5, 0.6) is 5.88 Å². The summed E-state index contributed by atoms with van der Waals surface area (Å²) < 4.78 is 29.4. The van der Waals surface area contributed by atoms with E-state index >= 15 is 0 Å². The molecular weight excluding hydrogens is 498 g/mol. The molecule has 190 valence electrons. The Kier molecular flexibility index (Phi) is 6.57. The van der Waals surface area contributed by atoms with Gasteiger partial charge in [-0.25, -0.2) is 13.4 Å². The van der Waals surface area contributed by atoms with Crippen LogP contribution in [-0.2, 0) is 10.0 Å². The highest BCUT2D eigenvalue weighted by Crippen LogP contribution is 2.34. The molecule has 38 heavy (non-hydrogen) atoms. The molecule has 4 aromatic carbocycles. The van der Waals surface area contributed by atoms with Gasteiger partial charge in [0.1, 0.15) is 0 Å². The summed E-state index contributed by atoms with van der Waals surface area (Å²) >= 11 is 0. The Morgan fingerprint density at radius 2 is 1.47 bits per heavy atom. The molecule has 0 spiro atoms. The molecule has 0 bridgehead atoms. The topological polar surface area (TPSA) is 101 Å². The van der Waals surface area contributed by atoms with Crippen molar-refractivity contribution in [3.8, 4) is 5.88 Å². The lowest BCUT2D eigenvalue weighted by Crippen LogP contribution is -2.12. The summed E-state index contributed by atoms with van der Waals surface area (Å²) in [6.45, 7) is 3.29. The van der Waals surface area contributed by atoms with Gasteiger partial charge in [0.15, 0.2) is 0 Å². The number of anilines is 1. The van der Waals surface area contributed by atoms with Crippen LogP contribution >= 0.6 is 0 Å². The predicted molar refractivity (Wildman–Crippen MR) is 150 cm³/mol. The lowest BCUT2D eigenvalue weighted by atomic mass is 10.0. The van der Waals surface area contributed by atoms with E-state index in [1.54, 1.807) is 60.7 Å². The summed E-state index contributed by atoms with van der Waals surface area (Å²) in [5.74, 6) is -0.508. The van der Waals surface area contributed by atoms with Crippen LogP contribution in [0.1, 0.15) is 28.4 Å². The number of nitrogens with one attached hydrogen (secondary N) is 1. The van der Waals surface area contributed by atoms with E-state index in [1.165, 1.54) is 11.5 Å². The highest BCUT2D eigenvalue weighted by molar-refractivity contribution is 7.92. The quantitative estimate of drug-likeness (QED) is 0.256. The molecule has 0 aliphatic carbocycles. The number of carbonyl (C=O) groups excluding carboxylic acids is 1. The first-order chi connectivity index (χ1) is 18.2. The number of nitrogens with zero attached hydrogens (tertiary/aromatic N) is 2. The SMILES string of the molecule is CC(=O)n1c(O)c(C(=Nc2ccc(NS(=O)(=O)c3ccc(C)cc3)cc2)c2ccccc2)c2ccccc21. The fraction of sp³-hybridized carbons (Fsp3) is 0.0667. The van der Waals surface area contributed by atoms with Gasteiger partial charge in [-0.1, -0.05) is 66.2 Å². The maximum absolute atomic E-state index is 12.8. The van der Waals surface area contributed by atoms with Gasteiger partial charge in [0, 0.05) is 23.6 Å². The van der Waals surface area contributed by atoms with E-state index in [4.69, 9.17) is 4.99 Å². The molecule has 1 heterocycles. The second-order valence-electron chi connectivity index (χ2n) is 8.86. The second-order valence-corrected chi connectivity index (χ2v) is 10.5. The van der Waals surface area contributed by atoms with Crippen LogP contribution in [0.3, 0.4) is 0 Å². The van der Waals surface area contributed by atoms with Gasteiger partial charge in [-0.3, -0.25) is 14.1 Å². The monoisotopic (exact) mass is 523 g/mol. The first-order valence-corrected chi connectivity index (χ1v) is 13.4. The van der Waals surface area contributed by atoms with Gasteiger partial charge in [0.2, 0.25) is 11.8 Å². The minimum absolute atomic E-state index is 0.175. The third-order valence-corrected chi connectivity index (χ3v) is 7.54. The number of sulfonamides is 1. The van der Waals surface area contributed by atoms with Crippen molar-refractivity contribution in [2.24, 2.45) is 4.99 Å².